The van der Waals surface area contributed by atoms with Crippen LogP contribution in [0.4, 0.5) is 0 Å². The molecule has 0 aromatic carbocycles. The van der Waals surface area contributed by atoms with Gasteiger partial charge in [-0.25, -0.2) is 0 Å². The van der Waals surface area contributed by atoms with Crippen LogP contribution in [0.15, 0.2) is 0 Å². The summed E-state index contributed by atoms with van der Waals surface area (Å²) in [5.74, 6) is 0.862. The number of hydrogen-bond donors (Lipinski definition) is 1. The molecule has 0 unspecified atom stereocenters. The fraction of sp³-hybridized carbons (Fsp3) is 1.00. The first-order valence-corrected chi connectivity index (χ1v) is 6.99. The van der Waals surface area contributed by atoms with Gasteiger partial charge in [0, 0.05) is 18.6 Å². The van der Waals surface area contributed by atoms with E-state index in [1.807, 2.05) is 0 Å². The van der Waals surface area contributed by atoms with E-state index in [1.165, 1.54) is 38.6 Å². The molecule has 0 radical (unpaired) electrons. The summed E-state index contributed by atoms with van der Waals surface area (Å²) < 4.78 is 0. The molecule has 0 aliphatic heterocycles. The summed E-state index contributed by atoms with van der Waals surface area (Å²) in [4.78, 5) is 2.51. The summed E-state index contributed by atoms with van der Waals surface area (Å²) in [7, 11) is 0. The average Bonchev–Trinajstić information content (AvgIpc) is 2.32. The third kappa shape index (κ3) is 3.74. The van der Waals surface area contributed by atoms with Crippen LogP contribution in [-0.4, -0.2) is 36.2 Å². The van der Waals surface area contributed by atoms with Crippen molar-refractivity contribution < 1.29 is 5.11 Å². The van der Waals surface area contributed by atoms with Crippen LogP contribution in [0, 0.1) is 11.3 Å². The predicted octanol–water partition coefficient (Wildman–Crippen LogP) is 2.91. The van der Waals surface area contributed by atoms with Crippen molar-refractivity contribution in [1.29, 1.82) is 0 Å². The maximum Gasteiger partial charge on any atom is 0.0499 e. The van der Waals surface area contributed by atoms with E-state index in [2.05, 4.69) is 25.7 Å². The van der Waals surface area contributed by atoms with E-state index in [4.69, 9.17) is 0 Å². The van der Waals surface area contributed by atoms with Gasteiger partial charge in [-0.1, -0.05) is 33.6 Å². The molecule has 0 aromatic rings. The molecule has 1 aliphatic carbocycles. The lowest BCUT2D eigenvalue weighted by Crippen LogP contribution is -2.42. The zero-order chi connectivity index (χ0) is 12.0. The minimum absolute atomic E-state index is 0.206. The highest BCUT2D eigenvalue weighted by Gasteiger charge is 2.34. The largest absolute Gasteiger partial charge is 0.396 e. The van der Waals surface area contributed by atoms with E-state index in [0.717, 1.165) is 19.0 Å². The van der Waals surface area contributed by atoms with Gasteiger partial charge in [0.05, 0.1) is 0 Å². The molecule has 1 saturated carbocycles. The van der Waals surface area contributed by atoms with Crippen molar-refractivity contribution in [3.63, 3.8) is 0 Å². The van der Waals surface area contributed by atoms with Crippen LogP contribution in [-0.2, 0) is 0 Å². The summed E-state index contributed by atoms with van der Waals surface area (Å²) in [6.45, 7) is 10.6. The molecule has 1 rings (SSSR count). The summed E-state index contributed by atoms with van der Waals surface area (Å²) in [6.07, 6.45) is 6.23. The standard InChI is InChI=1S/C14H29NO/c1-4-10-15(5-2)11-14(12-16)8-6-13(3)7-9-14/h13,16H,4-12H2,1-3H3. The van der Waals surface area contributed by atoms with Crippen molar-refractivity contribution in [2.45, 2.75) is 52.9 Å². The fourth-order valence-electron chi connectivity index (χ4n) is 2.88. The predicted molar refractivity (Wildman–Crippen MR) is 69.6 cm³/mol. The highest BCUT2D eigenvalue weighted by Crippen LogP contribution is 2.39. The maximum absolute atomic E-state index is 9.71. The Hall–Kier alpha value is -0.0800. The Morgan fingerprint density at radius 3 is 2.31 bits per heavy atom. The summed E-state index contributed by atoms with van der Waals surface area (Å²) in [5, 5.41) is 9.71. The van der Waals surface area contributed by atoms with Crippen molar-refractivity contribution in [1.82, 2.24) is 4.90 Å². The maximum atomic E-state index is 9.71. The van der Waals surface area contributed by atoms with Crippen molar-refractivity contribution >= 4 is 0 Å². The quantitative estimate of drug-likeness (QED) is 0.754. The Kier molecular flexibility index (Phi) is 5.77. The van der Waals surface area contributed by atoms with Gasteiger partial charge in [-0.3, -0.25) is 0 Å². The Morgan fingerprint density at radius 2 is 1.88 bits per heavy atom. The zero-order valence-electron chi connectivity index (χ0n) is 11.3. The molecule has 0 bridgehead atoms. The second-order valence-electron chi connectivity index (χ2n) is 5.71. The Balaban J connectivity index is 2.51. The van der Waals surface area contributed by atoms with Gasteiger partial charge in [-0.05, 0) is 38.3 Å². The van der Waals surface area contributed by atoms with E-state index in [1.54, 1.807) is 0 Å². The van der Waals surface area contributed by atoms with Crippen LogP contribution in [0.1, 0.15) is 52.9 Å². The van der Waals surface area contributed by atoms with E-state index in [0.29, 0.717) is 6.61 Å². The van der Waals surface area contributed by atoms with Crippen LogP contribution in [0.3, 0.4) is 0 Å². The fourth-order valence-corrected chi connectivity index (χ4v) is 2.88. The van der Waals surface area contributed by atoms with Gasteiger partial charge < -0.3 is 10.0 Å². The number of rotatable bonds is 6. The molecule has 1 aliphatic rings. The third-order valence-corrected chi connectivity index (χ3v) is 4.22. The Bertz CT molecular complexity index is 185. The second-order valence-corrected chi connectivity index (χ2v) is 5.71. The minimum Gasteiger partial charge on any atom is -0.396 e. The van der Waals surface area contributed by atoms with Gasteiger partial charge in [0.1, 0.15) is 0 Å². The summed E-state index contributed by atoms with van der Waals surface area (Å²) in [5.41, 5.74) is 0.206. The summed E-state index contributed by atoms with van der Waals surface area (Å²) >= 11 is 0. The molecular weight excluding hydrogens is 198 g/mol. The van der Waals surface area contributed by atoms with Gasteiger partial charge in [-0.15, -0.1) is 0 Å². The first kappa shape index (κ1) is 14.0. The lowest BCUT2D eigenvalue weighted by atomic mass is 9.71. The van der Waals surface area contributed by atoms with E-state index in [9.17, 15) is 5.11 Å². The number of hydrogen-bond acceptors (Lipinski definition) is 2. The van der Waals surface area contributed by atoms with Crippen molar-refractivity contribution in [3.05, 3.63) is 0 Å². The number of aliphatic hydroxyl groups excluding tert-OH is 1. The molecule has 0 heterocycles. The summed E-state index contributed by atoms with van der Waals surface area (Å²) in [6, 6.07) is 0. The van der Waals surface area contributed by atoms with Crippen molar-refractivity contribution in [2.75, 3.05) is 26.2 Å². The molecule has 2 nitrogen and oxygen atoms in total. The van der Waals surface area contributed by atoms with Gasteiger partial charge >= 0.3 is 0 Å². The molecule has 16 heavy (non-hydrogen) atoms. The highest BCUT2D eigenvalue weighted by atomic mass is 16.3. The van der Waals surface area contributed by atoms with Gasteiger partial charge in [-0.2, -0.15) is 0 Å². The molecular formula is C14H29NO. The minimum atomic E-state index is 0.206. The average molecular weight is 227 g/mol. The van der Waals surface area contributed by atoms with Crippen LogP contribution >= 0.6 is 0 Å². The monoisotopic (exact) mass is 227 g/mol. The molecule has 1 N–H and O–H groups in total. The molecule has 0 atom stereocenters. The van der Waals surface area contributed by atoms with Crippen molar-refractivity contribution in [3.8, 4) is 0 Å². The molecule has 96 valence electrons. The highest BCUT2D eigenvalue weighted by molar-refractivity contribution is 4.86. The zero-order valence-corrected chi connectivity index (χ0v) is 11.3. The lowest BCUT2D eigenvalue weighted by molar-refractivity contribution is 0.0308. The van der Waals surface area contributed by atoms with Gasteiger partial charge in [0.2, 0.25) is 0 Å². The lowest BCUT2D eigenvalue weighted by Gasteiger charge is -2.41. The Labute approximate surface area is 101 Å². The smallest absolute Gasteiger partial charge is 0.0499 e. The molecule has 0 saturated heterocycles. The second kappa shape index (κ2) is 6.61. The topological polar surface area (TPSA) is 23.5 Å². The molecule has 2 heteroatoms. The first-order valence-electron chi connectivity index (χ1n) is 6.99. The van der Waals surface area contributed by atoms with Crippen molar-refractivity contribution in [2.24, 2.45) is 11.3 Å². The third-order valence-electron chi connectivity index (χ3n) is 4.22. The van der Waals surface area contributed by atoms with Crippen LogP contribution < -0.4 is 0 Å². The number of aliphatic hydroxyl groups is 1. The normalized spacial score (nSPS) is 30.9. The Morgan fingerprint density at radius 1 is 1.25 bits per heavy atom. The van der Waals surface area contributed by atoms with E-state index >= 15 is 0 Å². The van der Waals surface area contributed by atoms with E-state index < -0.39 is 0 Å². The van der Waals surface area contributed by atoms with Crippen LogP contribution in [0.5, 0.6) is 0 Å². The molecule has 0 amide bonds. The number of nitrogens with zero attached hydrogens (tertiary/aromatic N) is 1. The first-order chi connectivity index (χ1) is 7.65. The van der Waals surface area contributed by atoms with Crippen LogP contribution in [0.2, 0.25) is 0 Å². The van der Waals surface area contributed by atoms with Crippen LogP contribution in [0.25, 0.3) is 0 Å². The molecule has 0 aromatic heterocycles. The molecule has 0 spiro atoms. The van der Waals surface area contributed by atoms with E-state index in [-0.39, 0.29) is 5.41 Å². The molecule has 1 fully saturated rings. The van der Waals surface area contributed by atoms with Gasteiger partial charge in [0.25, 0.3) is 0 Å². The van der Waals surface area contributed by atoms with Gasteiger partial charge in [0.15, 0.2) is 0 Å². The SMILES string of the molecule is CCCN(CC)CC1(CO)CCC(C)CC1.